The van der Waals surface area contributed by atoms with Crippen molar-refractivity contribution in [1.82, 2.24) is 0 Å². The van der Waals surface area contributed by atoms with E-state index in [2.05, 4.69) is 5.32 Å². The standard InChI is InChI=1S/C13H16N2O4/c14-13(5-1-2-6-13)12(19)15-10-4-3-8(16)7-9(10)11(17)18/h3-4,7,16H,1-2,5-6,14H2,(H,15,19)(H,17,18). The van der Waals surface area contributed by atoms with E-state index in [1.54, 1.807) is 0 Å². The van der Waals surface area contributed by atoms with Crippen molar-refractivity contribution in [1.29, 1.82) is 0 Å². The number of phenolic OH excluding ortho intramolecular Hbond substituents is 1. The minimum Gasteiger partial charge on any atom is -0.508 e. The quantitative estimate of drug-likeness (QED) is 0.615. The largest absolute Gasteiger partial charge is 0.508 e. The van der Waals surface area contributed by atoms with Crippen LogP contribution >= 0.6 is 0 Å². The maximum absolute atomic E-state index is 12.1. The van der Waals surface area contributed by atoms with E-state index in [1.165, 1.54) is 12.1 Å². The Morgan fingerprint density at radius 2 is 1.89 bits per heavy atom. The Bertz CT molecular complexity index is 521. The molecule has 1 saturated carbocycles. The molecule has 2 rings (SSSR count). The second-order valence-electron chi connectivity index (χ2n) is 4.85. The van der Waals surface area contributed by atoms with Crippen LogP contribution < -0.4 is 11.1 Å². The molecule has 1 aromatic carbocycles. The monoisotopic (exact) mass is 264 g/mol. The molecule has 1 aromatic rings. The molecule has 0 heterocycles. The molecule has 0 radical (unpaired) electrons. The highest BCUT2D eigenvalue weighted by Gasteiger charge is 2.37. The first-order valence-electron chi connectivity index (χ1n) is 6.09. The van der Waals surface area contributed by atoms with E-state index in [0.29, 0.717) is 12.8 Å². The van der Waals surface area contributed by atoms with E-state index in [9.17, 15) is 14.7 Å². The van der Waals surface area contributed by atoms with Crippen LogP contribution in [0.4, 0.5) is 5.69 Å². The fourth-order valence-corrected chi connectivity index (χ4v) is 2.30. The van der Waals surface area contributed by atoms with Gasteiger partial charge in [-0.1, -0.05) is 12.8 Å². The number of carbonyl (C=O) groups is 2. The molecular formula is C13H16N2O4. The number of anilines is 1. The minimum atomic E-state index is -1.22. The van der Waals surface area contributed by atoms with Crippen LogP contribution in [0.15, 0.2) is 18.2 Å². The van der Waals surface area contributed by atoms with Crippen molar-refractivity contribution in [2.45, 2.75) is 31.2 Å². The predicted octanol–water partition coefficient (Wildman–Crippen LogP) is 1.30. The summed E-state index contributed by atoms with van der Waals surface area (Å²) < 4.78 is 0. The summed E-state index contributed by atoms with van der Waals surface area (Å²) in [6.07, 6.45) is 2.98. The molecule has 19 heavy (non-hydrogen) atoms. The van der Waals surface area contributed by atoms with E-state index >= 15 is 0 Å². The molecule has 1 fully saturated rings. The SMILES string of the molecule is NC1(C(=O)Nc2ccc(O)cc2C(=O)O)CCCC1. The van der Waals surface area contributed by atoms with E-state index in [4.69, 9.17) is 10.8 Å². The van der Waals surface area contributed by atoms with Crippen LogP contribution in [-0.2, 0) is 4.79 Å². The zero-order valence-corrected chi connectivity index (χ0v) is 10.3. The lowest BCUT2D eigenvalue weighted by Crippen LogP contribution is -2.48. The first-order valence-corrected chi connectivity index (χ1v) is 6.09. The lowest BCUT2D eigenvalue weighted by Gasteiger charge is -2.22. The van der Waals surface area contributed by atoms with Crippen molar-refractivity contribution in [2.75, 3.05) is 5.32 Å². The van der Waals surface area contributed by atoms with Crippen LogP contribution in [0, 0.1) is 0 Å². The topological polar surface area (TPSA) is 113 Å². The molecule has 0 saturated heterocycles. The number of nitrogens with one attached hydrogen (secondary N) is 1. The van der Waals surface area contributed by atoms with Crippen molar-refractivity contribution >= 4 is 17.6 Å². The van der Waals surface area contributed by atoms with Crippen molar-refractivity contribution in [3.63, 3.8) is 0 Å². The van der Waals surface area contributed by atoms with E-state index in [0.717, 1.165) is 18.9 Å². The van der Waals surface area contributed by atoms with Gasteiger partial charge >= 0.3 is 5.97 Å². The van der Waals surface area contributed by atoms with Gasteiger partial charge in [-0.05, 0) is 31.0 Å². The van der Waals surface area contributed by atoms with Gasteiger partial charge in [-0.3, -0.25) is 4.79 Å². The zero-order chi connectivity index (χ0) is 14.0. The number of carboxylic acid groups (broad SMARTS) is 1. The molecule has 0 spiro atoms. The van der Waals surface area contributed by atoms with Crippen LogP contribution in [0.5, 0.6) is 5.75 Å². The number of rotatable bonds is 3. The van der Waals surface area contributed by atoms with Gasteiger partial charge in [0.2, 0.25) is 5.91 Å². The Labute approximate surface area is 110 Å². The highest BCUT2D eigenvalue weighted by atomic mass is 16.4. The summed E-state index contributed by atoms with van der Waals surface area (Å²) in [5.41, 5.74) is 5.06. The van der Waals surface area contributed by atoms with Gasteiger partial charge in [0.05, 0.1) is 16.8 Å². The van der Waals surface area contributed by atoms with Gasteiger partial charge in [-0.25, -0.2) is 4.79 Å². The molecule has 1 amide bonds. The molecule has 6 heteroatoms. The molecule has 6 nitrogen and oxygen atoms in total. The molecule has 0 aromatic heterocycles. The number of aromatic carboxylic acids is 1. The van der Waals surface area contributed by atoms with Crippen molar-refractivity contribution in [3.05, 3.63) is 23.8 Å². The van der Waals surface area contributed by atoms with Crippen LogP contribution in [0.3, 0.4) is 0 Å². The molecule has 0 unspecified atom stereocenters. The Kier molecular flexibility index (Phi) is 3.44. The van der Waals surface area contributed by atoms with Crippen LogP contribution in [0.2, 0.25) is 0 Å². The molecule has 0 atom stereocenters. The van der Waals surface area contributed by atoms with Gasteiger partial charge in [-0.15, -0.1) is 0 Å². The number of carbonyl (C=O) groups excluding carboxylic acids is 1. The van der Waals surface area contributed by atoms with Gasteiger partial charge in [0.1, 0.15) is 5.75 Å². The number of aromatic hydroxyl groups is 1. The van der Waals surface area contributed by atoms with Crippen molar-refractivity contribution in [3.8, 4) is 5.75 Å². The van der Waals surface area contributed by atoms with E-state index in [1.807, 2.05) is 0 Å². The Morgan fingerprint density at radius 1 is 1.26 bits per heavy atom. The summed E-state index contributed by atoms with van der Waals surface area (Å²) in [6, 6.07) is 3.77. The van der Waals surface area contributed by atoms with Gasteiger partial charge in [0.15, 0.2) is 0 Å². The van der Waals surface area contributed by atoms with Gasteiger partial charge < -0.3 is 21.3 Å². The normalized spacial score (nSPS) is 17.1. The predicted molar refractivity (Wildman–Crippen MR) is 69.1 cm³/mol. The summed E-state index contributed by atoms with van der Waals surface area (Å²) in [5, 5.41) is 20.9. The average Bonchev–Trinajstić information content (AvgIpc) is 2.79. The van der Waals surface area contributed by atoms with Crippen molar-refractivity contribution < 1.29 is 19.8 Å². The Balaban J connectivity index is 2.23. The summed E-state index contributed by atoms with van der Waals surface area (Å²) in [4.78, 5) is 23.2. The number of carboxylic acids is 1. The highest BCUT2D eigenvalue weighted by molar-refractivity contribution is 6.04. The lowest BCUT2D eigenvalue weighted by atomic mass is 9.97. The third-order valence-electron chi connectivity index (χ3n) is 3.43. The van der Waals surface area contributed by atoms with Crippen LogP contribution in [-0.4, -0.2) is 27.6 Å². The highest BCUT2D eigenvalue weighted by Crippen LogP contribution is 2.29. The van der Waals surface area contributed by atoms with Gasteiger partial charge in [0.25, 0.3) is 0 Å². The number of hydrogen-bond donors (Lipinski definition) is 4. The fraction of sp³-hybridized carbons (Fsp3) is 0.385. The number of amides is 1. The summed E-state index contributed by atoms with van der Waals surface area (Å²) >= 11 is 0. The first kappa shape index (κ1) is 13.4. The Morgan fingerprint density at radius 3 is 2.47 bits per heavy atom. The molecular weight excluding hydrogens is 248 g/mol. The molecule has 102 valence electrons. The second kappa shape index (κ2) is 4.89. The van der Waals surface area contributed by atoms with E-state index in [-0.39, 0.29) is 22.9 Å². The summed E-state index contributed by atoms with van der Waals surface area (Å²) in [5.74, 6) is -1.76. The molecule has 1 aliphatic rings. The number of phenols is 1. The lowest BCUT2D eigenvalue weighted by molar-refractivity contribution is -0.121. The molecule has 5 N–H and O–H groups in total. The third-order valence-corrected chi connectivity index (χ3v) is 3.43. The number of nitrogens with two attached hydrogens (primary N) is 1. The van der Waals surface area contributed by atoms with E-state index < -0.39 is 11.5 Å². The Hall–Kier alpha value is -2.08. The van der Waals surface area contributed by atoms with Gasteiger partial charge in [0, 0.05) is 0 Å². The molecule has 1 aliphatic carbocycles. The van der Waals surface area contributed by atoms with Crippen LogP contribution in [0.1, 0.15) is 36.0 Å². The minimum absolute atomic E-state index is 0.145. The molecule has 0 bridgehead atoms. The first-order chi connectivity index (χ1) is 8.92. The summed E-state index contributed by atoms with van der Waals surface area (Å²) in [6.45, 7) is 0. The molecule has 0 aliphatic heterocycles. The zero-order valence-electron chi connectivity index (χ0n) is 10.3. The summed E-state index contributed by atoms with van der Waals surface area (Å²) in [7, 11) is 0. The number of hydrogen-bond acceptors (Lipinski definition) is 4. The van der Waals surface area contributed by atoms with Crippen molar-refractivity contribution in [2.24, 2.45) is 5.73 Å². The van der Waals surface area contributed by atoms with Gasteiger partial charge in [-0.2, -0.15) is 0 Å². The fourth-order valence-electron chi connectivity index (χ4n) is 2.30. The number of benzene rings is 1. The smallest absolute Gasteiger partial charge is 0.337 e. The second-order valence-corrected chi connectivity index (χ2v) is 4.85. The third kappa shape index (κ3) is 2.68. The maximum Gasteiger partial charge on any atom is 0.337 e. The van der Waals surface area contributed by atoms with Crippen LogP contribution in [0.25, 0.3) is 0 Å². The maximum atomic E-state index is 12.1. The average molecular weight is 264 g/mol.